The molecule has 2 amide bonds. The molecule has 0 fully saturated rings. The number of anilines is 1. The molecule has 2 heterocycles. The molecule has 0 radical (unpaired) electrons. The van der Waals surface area contributed by atoms with E-state index in [4.69, 9.17) is 15.5 Å². The van der Waals surface area contributed by atoms with Crippen LogP contribution >= 0.6 is 0 Å². The average molecular weight is 531 g/mol. The molecule has 4 aromatic rings. The smallest absolute Gasteiger partial charge is 0.407 e. The van der Waals surface area contributed by atoms with E-state index in [9.17, 15) is 9.59 Å². The molecular weight excluding hydrogens is 492 g/mol. The number of nitrogen functional groups attached to an aromatic ring is 1. The van der Waals surface area contributed by atoms with Gasteiger partial charge in [0.15, 0.2) is 5.82 Å². The van der Waals surface area contributed by atoms with Crippen LogP contribution in [0.15, 0.2) is 48.5 Å². The SMILES string of the molecule is CCc1nc2c(N)nc3ccccc3c2n1CCCCNC(=O)c1ccc(CCNC(=O)OC(C)(C)C)cc1. The van der Waals surface area contributed by atoms with Gasteiger partial charge in [-0.1, -0.05) is 37.3 Å². The number of aryl methyl sites for hydroxylation is 2. The van der Waals surface area contributed by atoms with Gasteiger partial charge in [0.25, 0.3) is 5.91 Å². The Bertz CT molecular complexity index is 1450. The summed E-state index contributed by atoms with van der Waals surface area (Å²) in [5.74, 6) is 1.34. The standard InChI is InChI=1S/C30H38N6O3/c1-5-24-35-25-26(22-10-6-7-11-23(22)34-27(25)31)36(24)19-9-8-17-32-28(37)21-14-12-20(13-15-21)16-18-33-29(38)39-30(2,3)4/h6-7,10-15H,5,8-9,16-19H2,1-4H3,(H2,31,34)(H,32,37)(H,33,38). The Kier molecular flexibility index (Phi) is 8.69. The predicted octanol–water partition coefficient (Wildman–Crippen LogP) is 5.01. The van der Waals surface area contributed by atoms with Crippen LogP contribution in [0.4, 0.5) is 10.6 Å². The van der Waals surface area contributed by atoms with Crippen LogP contribution in [0.1, 0.15) is 62.3 Å². The van der Waals surface area contributed by atoms with Gasteiger partial charge in [-0.05, 0) is 63.8 Å². The number of para-hydroxylation sites is 1. The van der Waals surface area contributed by atoms with Gasteiger partial charge in [-0.2, -0.15) is 0 Å². The summed E-state index contributed by atoms with van der Waals surface area (Å²) in [5, 5.41) is 6.81. The number of hydrogen-bond acceptors (Lipinski definition) is 6. The number of carbonyl (C=O) groups excluding carboxylic acids is 2. The lowest BCUT2D eigenvalue weighted by Gasteiger charge is -2.19. The Morgan fingerprint density at radius 1 is 0.974 bits per heavy atom. The number of amides is 2. The summed E-state index contributed by atoms with van der Waals surface area (Å²) in [6, 6.07) is 15.4. The van der Waals surface area contributed by atoms with Gasteiger partial charge >= 0.3 is 6.09 Å². The molecule has 0 saturated heterocycles. The summed E-state index contributed by atoms with van der Waals surface area (Å²) in [6.45, 7) is 9.41. The van der Waals surface area contributed by atoms with Gasteiger partial charge in [-0.15, -0.1) is 0 Å². The molecule has 9 heteroatoms. The summed E-state index contributed by atoms with van der Waals surface area (Å²) in [4.78, 5) is 33.7. The molecule has 0 aliphatic heterocycles. The Balaban J connectivity index is 1.26. The normalized spacial score (nSPS) is 11.6. The van der Waals surface area contributed by atoms with Gasteiger partial charge in [-0.25, -0.2) is 14.8 Å². The second kappa shape index (κ2) is 12.1. The van der Waals surface area contributed by atoms with Crippen molar-refractivity contribution in [2.75, 3.05) is 18.8 Å². The summed E-state index contributed by atoms with van der Waals surface area (Å²) in [7, 11) is 0. The highest BCUT2D eigenvalue weighted by molar-refractivity contribution is 6.06. The van der Waals surface area contributed by atoms with Gasteiger partial charge in [-0.3, -0.25) is 4.79 Å². The summed E-state index contributed by atoms with van der Waals surface area (Å²) in [6.07, 6.45) is 2.74. The highest BCUT2D eigenvalue weighted by Crippen LogP contribution is 2.29. The number of alkyl carbamates (subject to hydrolysis) is 1. The van der Waals surface area contributed by atoms with Crippen molar-refractivity contribution < 1.29 is 14.3 Å². The van der Waals surface area contributed by atoms with Crippen LogP contribution in [-0.4, -0.2) is 45.2 Å². The summed E-state index contributed by atoms with van der Waals surface area (Å²) >= 11 is 0. The van der Waals surface area contributed by atoms with Crippen LogP contribution in [0.5, 0.6) is 0 Å². The van der Waals surface area contributed by atoms with Gasteiger partial charge < -0.3 is 25.7 Å². The number of pyridine rings is 1. The molecule has 206 valence electrons. The first-order chi connectivity index (χ1) is 18.7. The third kappa shape index (κ3) is 7.04. The molecule has 4 rings (SSSR count). The van der Waals surface area contributed by atoms with E-state index in [1.807, 2.05) is 63.2 Å². The molecule has 9 nitrogen and oxygen atoms in total. The first-order valence-electron chi connectivity index (χ1n) is 13.5. The number of carbonyl (C=O) groups is 2. The maximum absolute atomic E-state index is 12.6. The van der Waals surface area contributed by atoms with Crippen LogP contribution in [0.25, 0.3) is 21.9 Å². The quantitative estimate of drug-likeness (QED) is 0.248. The third-order valence-electron chi connectivity index (χ3n) is 6.40. The number of rotatable bonds is 10. The molecule has 0 aliphatic rings. The summed E-state index contributed by atoms with van der Waals surface area (Å²) < 4.78 is 7.48. The molecule has 4 N–H and O–H groups in total. The topological polar surface area (TPSA) is 124 Å². The number of aromatic nitrogens is 3. The Morgan fingerprint density at radius 2 is 1.72 bits per heavy atom. The molecule has 0 atom stereocenters. The number of hydrogen-bond donors (Lipinski definition) is 3. The first-order valence-corrected chi connectivity index (χ1v) is 13.5. The molecule has 0 spiro atoms. The van der Waals surface area contributed by atoms with Crippen molar-refractivity contribution in [1.29, 1.82) is 0 Å². The zero-order valence-electron chi connectivity index (χ0n) is 23.2. The Morgan fingerprint density at radius 3 is 2.44 bits per heavy atom. The minimum Gasteiger partial charge on any atom is -0.444 e. The number of nitrogens with two attached hydrogens (primary N) is 1. The van der Waals surface area contributed by atoms with E-state index in [1.165, 1.54) is 0 Å². The zero-order chi connectivity index (χ0) is 28.0. The van der Waals surface area contributed by atoms with E-state index in [-0.39, 0.29) is 5.91 Å². The maximum Gasteiger partial charge on any atom is 0.407 e. The molecule has 0 bridgehead atoms. The Labute approximate surface area is 229 Å². The number of fused-ring (bicyclic) bond motifs is 3. The number of nitrogens with zero attached hydrogens (tertiary/aromatic N) is 3. The highest BCUT2D eigenvalue weighted by atomic mass is 16.6. The van der Waals surface area contributed by atoms with Gasteiger partial charge in [0.2, 0.25) is 0 Å². The first kappa shape index (κ1) is 27.9. The maximum atomic E-state index is 12.6. The van der Waals surface area contributed by atoms with E-state index < -0.39 is 11.7 Å². The fourth-order valence-corrected chi connectivity index (χ4v) is 4.56. The molecule has 39 heavy (non-hydrogen) atoms. The second-order valence-corrected chi connectivity index (χ2v) is 10.6. The van der Waals surface area contributed by atoms with Crippen molar-refractivity contribution in [3.63, 3.8) is 0 Å². The van der Waals surface area contributed by atoms with Crippen LogP contribution in [0, 0.1) is 0 Å². The minimum atomic E-state index is -0.521. The van der Waals surface area contributed by atoms with E-state index in [0.717, 1.165) is 59.1 Å². The van der Waals surface area contributed by atoms with Gasteiger partial charge in [0.05, 0.1) is 11.0 Å². The molecular formula is C30H38N6O3. The number of ether oxygens (including phenoxy) is 1. The van der Waals surface area contributed by atoms with E-state index >= 15 is 0 Å². The summed E-state index contributed by atoms with van der Waals surface area (Å²) in [5.41, 5.74) is 10.0. The molecule has 0 saturated carbocycles. The molecule has 0 unspecified atom stereocenters. The van der Waals surface area contributed by atoms with Crippen molar-refractivity contribution >= 4 is 39.8 Å². The third-order valence-corrected chi connectivity index (χ3v) is 6.40. The van der Waals surface area contributed by atoms with Crippen LogP contribution in [0.2, 0.25) is 0 Å². The number of benzene rings is 2. The lowest BCUT2D eigenvalue weighted by molar-refractivity contribution is 0.0528. The molecule has 2 aromatic heterocycles. The van der Waals surface area contributed by atoms with Gasteiger partial charge in [0, 0.05) is 37.0 Å². The van der Waals surface area contributed by atoms with Crippen molar-refractivity contribution in [2.24, 2.45) is 0 Å². The van der Waals surface area contributed by atoms with Crippen molar-refractivity contribution in [3.8, 4) is 0 Å². The van der Waals surface area contributed by atoms with E-state index in [0.29, 0.717) is 30.9 Å². The highest BCUT2D eigenvalue weighted by Gasteiger charge is 2.17. The lowest BCUT2D eigenvalue weighted by Crippen LogP contribution is -2.33. The van der Waals surface area contributed by atoms with Crippen molar-refractivity contribution in [2.45, 2.75) is 65.5 Å². The van der Waals surface area contributed by atoms with E-state index in [1.54, 1.807) is 0 Å². The molecule has 0 aliphatic carbocycles. The number of imidazole rings is 1. The van der Waals surface area contributed by atoms with Crippen molar-refractivity contribution in [1.82, 2.24) is 25.2 Å². The minimum absolute atomic E-state index is 0.0967. The monoisotopic (exact) mass is 530 g/mol. The zero-order valence-corrected chi connectivity index (χ0v) is 23.2. The van der Waals surface area contributed by atoms with Crippen molar-refractivity contribution in [3.05, 3.63) is 65.5 Å². The average Bonchev–Trinajstić information content (AvgIpc) is 3.27. The van der Waals surface area contributed by atoms with Gasteiger partial charge in [0.1, 0.15) is 16.9 Å². The Hall–Kier alpha value is -4.14. The molecule has 2 aromatic carbocycles. The van der Waals surface area contributed by atoms with Crippen LogP contribution in [0.3, 0.4) is 0 Å². The van der Waals surface area contributed by atoms with Crippen LogP contribution in [-0.2, 0) is 24.1 Å². The fourth-order valence-electron chi connectivity index (χ4n) is 4.56. The number of unbranched alkanes of at least 4 members (excludes halogenated alkanes) is 1. The number of nitrogens with one attached hydrogen (secondary N) is 2. The second-order valence-electron chi connectivity index (χ2n) is 10.6. The fraction of sp³-hybridized carbons (Fsp3) is 0.400. The largest absolute Gasteiger partial charge is 0.444 e. The lowest BCUT2D eigenvalue weighted by atomic mass is 10.1. The van der Waals surface area contributed by atoms with E-state index in [2.05, 4.69) is 33.2 Å². The predicted molar refractivity (Wildman–Crippen MR) is 155 cm³/mol. The van der Waals surface area contributed by atoms with Crippen LogP contribution < -0.4 is 16.4 Å².